The van der Waals surface area contributed by atoms with Gasteiger partial charge < -0.3 is 0 Å². The highest BCUT2D eigenvalue weighted by atomic mass is 14.0. The lowest BCUT2D eigenvalue weighted by molar-refractivity contribution is 1.33. The van der Waals surface area contributed by atoms with Crippen LogP contribution in [0, 0.1) is 13.8 Å². The molecule has 0 bridgehead atoms. The fourth-order valence-corrected chi connectivity index (χ4v) is 1.55. The van der Waals surface area contributed by atoms with E-state index in [1.54, 1.807) is 0 Å². The Bertz CT molecular complexity index is 431. The third-order valence-corrected chi connectivity index (χ3v) is 2.65. The van der Waals surface area contributed by atoms with Crippen LogP contribution in [0.3, 0.4) is 0 Å². The number of aryl methyl sites for hydroxylation is 2. The first-order valence-electron chi connectivity index (χ1n) is 5.72. The van der Waals surface area contributed by atoms with Crippen molar-refractivity contribution in [2.75, 3.05) is 0 Å². The van der Waals surface area contributed by atoms with Crippen molar-refractivity contribution in [2.24, 2.45) is 0 Å². The van der Waals surface area contributed by atoms with Gasteiger partial charge in [-0.15, -0.1) is 0 Å². The SMILES string of the molecule is C\C=C/C=C(\C=C/C)c1ccc(C)c(C)c1. The quantitative estimate of drug-likeness (QED) is 0.629. The Hall–Kier alpha value is -1.56. The van der Waals surface area contributed by atoms with Gasteiger partial charge in [0.05, 0.1) is 0 Å². The second-order valence-corrected chi connectivity index (χ2v) is 3.95. The summed E-state index contributed by atoms with van der Waals surface area (Å²) < 4.78 is 0. The Morgan fingerprint density at radius 1 is 1.00 bits per heavy atom. The Labute approximate surface area is 99.0 Å². The topological polar surface area (TPSA) is 0 Å². The number of hydrogen-bond donors (Lipinski definition) is 0. The summed E-state index contributed by atoms with van der Waals surface area (Å²) >= 11 is 0. The molecule has 1 rings (SSSR count). The second kappa shape index (κ2) is 6.12. The van der Waals surface area contributed by atoms with Crippen LogP contribution in [-0.4, -0.2) is 0 Å². The average molecular weight is 212 g/mol. The van der Waals surface area contributed by atoms with Crippen LogP contribution in [0.25, 0.3) is 5.57 Å². The smallest absolute Gasteiger partial charge is 0.0181 e. The van der Waals surface area contributed by atoms with Crippen LogP contribution in [0.2, 0.25) is 0 Å². The minimum Gasteiger partial charge on any atom is -0.0876 e. The van der Waals surface area contributed by atoms with Gasteiger partial charge in [0.1, 0.15) is 0 Å². The Morgan fingerprint density at radius 2 is 1.75 bits per heavy atom. The molecule has 0 aliphatic carbocycles. The molecule has 0 saturated heterocycles. The molecule has 0 amide bonds. The predicted octanol–water partition coefficient (Wildman–Crippen LogP) is 4.84. The number of allylic oxidation sites excluding steroid dienone is 6. The highest BCUT2D eigenvalue weighted by molar-refractivity contribution is 5.75. The molecule has 0 aliphatic heterocycles. The molecule has 1 aromatic carbocycles. The summed E-state index contributed by atoms with van der Waals surface area (Å²) in [5.74, 6) is 0. The van der Waals surface area contributed by atoms with Crippen LogP contribution in [0.5, 0.6) is 0 Å². The lowest BCUT2D eigenvalue weighted by Crippen LogP contribution is -1.85. The van der Waals surface area contributed by atoms with Crippen LogP contribution in [0.1, 0.15) is 30.5 Å². The second-order valence-electron chi connectivity index (χ2n) is 3.95. The monoisotopic (exact) mass is 212 g/mol. The molecule has 16 heavy (non-hydrogen) atoms. The van der Waals surface area contributed by atoms with E-state index in [1.807, 2.05) is 19.9 Å². The molecule has 0 unspecified atom stereocenters. The van der Waals surface area contributed by atoms with Gasteiger partial charge in [0.25, 0.3) is 0 Å². The summed E-state index contributed by atoms with van der Waals surface area (Å²) in [4.78, 5) is 0. The van der Waals surface area contributed by atoms with E-state index in [1.165, 1.54) is 22.3 Å². The van der Waals surface area contributed by atoms with Crippen LogP contribution in [0.4, 0.5) is 0 Å². The molecule has 0 aliphatic rings. The molecule has 0 heterocycles. The summed E-state index contributed by atoms with van der Waals surface area (Å²) in [7, 11) is 0. The Morgan fingerprint density at radius 3 is 2.31 bits per heavy atom. The third-order valence-electron chi connectivity index (χ3n) is 2.65. The van der Waals surface area contributed by atoms with E-state index >= 15 is 0 Å². The van der Waals surface area contributed by atoms with Gasteiger partial charge in [0, 0.05) is 0 Å². The van der Waals surface area contributed by atoms with Gasteiger partial charge in [-0.05, 0) is 50.0 Å². The first kappa shape index (κ1) is 12.5. The van der Waals surface area contributed by atoms with Crippen molar-refractivity contribution in [2.45, 2.75) is 27.7 Å². The van der Waals surface area contributed by atoms with Crippen molar-refractivity contribution in [3.8, 4) is 0 Å². The van der Waals surface area contributed by atoms with Crippen LogP contribution < -0.4 is 0 Å². The molecule has 0 spiro atoms. The summed E-state index contributed by atoms with van der Waals surface area (Å²) in [6.45, 7) is 8.38. The van der Waals surface area contributed by atoms with Gasteiger partial charge >= 0.3 is 0 Å². The van der Waals surface area contributed by atoms with E-state index in [4.69, 9.17) is 0 Å². The Kier molecular flexibility index (Phi) is 4.78. The minimum absolute atomic E-state index is 1.25. The van der Waals surface area contributed by atoms with Crippen molar-refractivity contribution in [1.29, 1.82) is 0 Å². The number of hydrogen-bond acceptors (Lipinski definition) is 0. The maximum Gasteiger partial charge on any atom is -0.0181 e. The van der Waals surface area contributed by atoms with Gasteiger partial charge in [-0.3, -0.25) is 0 Å². The summed E-state index contributed by atoms with van der Waals surface area (Å²) in [6, 6.07) is 6.60. The molecule has 0 fully saturated rings. The van der Waals surface area contributed by atoms with Crippen LogP contribution >= 0.6 is 0 Å². The van der Waals surface area contributed by atoms with Crippen molar-refractivity contribution >= 4 is 5.57 Å². The van der Waals surface area contributed by atoms with Crippen LogP contribution in [-0.2, 0) is 0 Å². The van der Waals surface area contributed by atoms with E-state index < -0.39 is 0 Å². The van der Waals surface area contributed by atoms with E-state index in [2.05, 4.69) is 56.4 Å². The number of rotatable bonds is 3. The van der Waals surface area contributed by atoms with Gasteiger partial charge in [-0.1, -0.05) is 48.6 Å². The maximum absolute atomic E-state index is 2.24. The predicted molar refractivity (Wildman–Crippen MR) is 73.5 cm³/mol. The normalized spacial score (nSPS) is 12.9. The molecule has 0 aromatic heterocycles. The zero-order valence-corrected chi connectivity index (χ0v) is 10.6. The zero-order chi connectivity index (χ0) is 12.0. The minimum atomic E-state index is 1.25. The zero-order valence-electron chi connectivity index (χ0n) is 10.6. The van der Waals surface area contributed by atoms with E-state index in [9.17, 15) is 0 Å². The lowest BCUT2D eigenvalue weighted by atomic mass is 10.00. The van der Waals surface area contributed by atoms with Crippen molar-refractivity contribution < 1.29 is 0 Å². The van der Waals surface area contributed by atoms with Crippen molar-refractivity contribution in [1.82, 2.24) is 0 Å². The summed E-state index contributed by atoms with van der Waals surface area (Å²) in [5, 5.41) is 0. The summed E-state index contributed by atoms with van der Waals surface area (Å²) in [6.07, 6.45) is 10.5. The fraction of sp³-hybridized carbons (Fsp3) is 0.250. The van der Waals surface area contributed by atoms with E-state index in [-0.39, 0.29) is 0 Å². The Balaban J connectivity index is 3.16. The van der Waals surface area contributed by atoms with E-state index in [0.29, 0.717) is 0 Å². The van der Waals surface area contributed by atoms with Crippen molar-refractivity contribution in [3.05, 3.63) is 65.3 Å². The molecule has 0 saturated carbocycles. The lowest BCUT2D eigenvalue weighted by Gasteiger charge is -2.05. The van der Waals surface area contributed by atoms with Gasteiger partial charge in [0.15, 0.2) is 0 Å². The first-order chi connectivity index (χ1) is 7.69. The van der Waals surface area contributed by atoms with Gasteiger partial charge in [-0.25, -0.2) is 0 Å². The van der Waals surface area contributed by atoms with Crippen LogP contribution in [0.15, 0.2) is 48.6 Å². The van der Waals surface area contributed by atoms with Crippen molar-refractivity contribution in [3.63, 3.8) is 0 Å². The largest absolute Gasteiger partial charge is 0.0876 e. The molecule has 84 valence electrons. The molecule has 0 nitrogen and oxygen atoms in total. The van der Waals surface area contributed by atoms with Gasteiger partial charge in [-0.2, -0.15) is 0 Å². The standard InChI is InChI=1S/C16H20/c1-5-7-9-15(8-6-2)16-11-10-13(3)14(4)12-16/h5-12H,1-4H3/b7-5-,8-6-,15-9+. The number of benzene rings is 1. The molecule has 0 heteroatoms. The first-order valence-corrected chi connectivity index (χ1v) is 5.72. The third kappa shape index (κ3) is 3.23. The molecule has 0 atom stereocenters. The maximum atomic E-state index is 2.24. The average Bonchev–Trinajstić information content (AvgIpc) is 2.28. The molecule has 1 aromatic rings. The molecular formula is C16H20. The summed E-state index contributed by atoms with van der Waals surface area (Å²) in [5.41, 5.74) is 5.21. The molecule has 0 radical (unpaired) electrons. The fourth-order valence-electron chi connectivity index (χ4n) is 1.55. The van der Waals surface area contributed by atoms with E-state index in [0.717, 1.165) is 0 Å². The van der Waals surface area contributed by atoms with Gasteiger partial charge in [0.2, 0.25) is 0 Å². The molecular weight excluding hydrogens is 192 g/mol. The highest BCUT2D eigenvalue weighted by Gasteiger charge is 1.99. The highest BCUT2D eigenvalue weighted by Crippen LogP contribution is 2.19. The molecule has 0 N–H and O–H groups in total.